The van der Waals surface area contributed by atoms with Crippen molar-refractivity contribution in [2.45, 2.75) is 374 Å². The third-order valence-corrected chi connectivity index (χ3v) is 15.1. The van der Waals surface area contributed by atoms with Crippen LogP contribution in [0, 0.1) is 0 Å². The number of unbranched alkanes of at least 4 members (excludes halogenated alkanes) is 45. The second kappa shape index (κ2) is 64.2. The van der Waals surface area contributed by atoms with Crippen molar-refractivity contribution in [3.05, 3.63) is 36.5 Å². The van der Waals surface area contributed by atoms with E-state index >= 15 is 0 Å². The van der Waals surface area contributed by atoms with Gasteiger partial charge in [-0.1, -0.05) is 327 Å². The molecular weight excluding hydrogens is 925 g/mol. The van der Waals surface area contributed by atoms with Crippen molar-refractivity contribution < 1.29 is 28.6 Å². The van der Waals surface area contributed by atoms with E-state index in [0.717, 1.165) is 77.0 Å². The molecule has 0 rings (SSSR count). The Hall–Kier alpha value is -2.37. The lowest BCUT2D eigenvalue weighted by Gasteiger charge is -2.18. The zero-order valence-corrected chi connectivity index (χ0v) is 50.6. The van der Waals surface area contributed by atoms with Crippen LogP contribution in [-0.2, 0) is 28.6 Å². The van der Waals surface area contributed by atoms with E-state index in [2.05, 4.69) is 57.2 Å². The summed E-state index contributed by atoms with van der Waals surface area (Å²) >= 11 is 0. The van der Waals surface area contributed by atoms with Gasteiger partial charge in [-0.05, 0) is 57.8 Å². The van der Waals surface area contributed by atoms with Crippen LogP contribution < -0.4 is 0 Å². The minimum absolute atomic E-state index is 0.0664. The molecule has 0 fully saturated rings. The van der Waals surface area contributed by atoms with Gasteiger partial charge in [0, 0.05) is 19.3 Å². The molecule has 440 valence electrons. The molecule has 0 N–H and O–H groups in total. The number of allylic oxidation sites excluding steroid dienone is 6. The molecular formula is C69H128O6. The van der Waals surface area contributed by atoms with Crippen LogP contribution in [0.1, 0.15) is 367 Å². The lowest BCUT2D eigenvalue weighted by Crippen LogP contribution is -2.30. The Balaban J connectivity index is 3.91. The smallest absolute Gasteiger partial charge is 0.306 e. The van der Waals surface area contributed by atoms with Crippen LogP contribution in [0.4, 0.5) is 0 Å². The van der Waals surface area contributed by atoms with E-state index in [1.807, 2.05) is 0 Å². The van der Waals surface area contributed by atoms with Gasteiger partial charge in [0.2, 0.25) is 0 Å². The Labute approximate surface area is 467 Å². The van der Waals surface area contributed by atoms with Crippen molar-refractivity contribution in [1.82, 2.24) is 0 Å². The fourth-order valence-corrected chi connectivity index (χ4v) is 10.1. The zero-order valence-electron chi connectivity index (χ0n) is 50.6. The van der Waals surface area contributed by atoms with Crippen LogP contribution in [0.5, 0.6) is 0 Å². The Morgan fingerprint density at radius 1 is 0.267 bits per heavy atom. The van der Waals surface area contributed by atoms with Crippen LogP contribution in [0.25, 0.3) is 0 Å². The van der Waals surface area contributed by atoms with E-state index in [0.29, 0.717) is 19.3 Å². The van der Waals surface area contributed by atoms with Crippen molar-refractivity contribution in [1.29, 1.82) is 0 Å². The summed E-state index contributed by atoms with van der Waals surface area (Å²) < 4.78 is 16.8. The van der Waals surface area contributed by atoms with Crippen LogP contribution >= 0.6 is 0 Å². The van der Waals surface area contributed by atoms with E-state index < -0.39 is 6.10 Å². The van der Waals surface area contributed by atoms with Crippen molar-refractivity contribution in [2.24, 2.45) is 0 Å². The molecule has 0 bridgehead atoms. The van der Waals surface area contributed by atoms with E-state index in [1.54, 1.807) is 0 Å². The van der Waals surface area contributed by atoms with E-state index in [-0.39, 0.29) is 31.1 Å². The first kappa shape index (κ1) is 72.6. The topological polar surface area (TPSA) is 78.9 Å². The number of ether oxygens (including phenoxy) is 3. The summed E-state index contributed by atoms with van der Waals surface area (Å²) in [5.74, 6) is -0.856. The first-order valence-electron chi connectivity index (χ1n) is 33.5. The first-order valence-corrected chi connectivity index (χ1v) is 33.5. The molecule has 75 heavy (non-hydrogen) atoms. The van der Waals surface area contributed by atoms with Gasteiger partial charge >= 0.3 is 17.9 Å². The van der Waals surface area contributed by atoms with Gasteiger partial charge in [0.25, 0.3) is 0 Å². The number of hydrogen-bond acceptors (Lipinski definition) is 6. The summed E-state index contributed by atoms with van der Waals surface area (Å²) in [4.78, 5) is 37.9. The molecule has 0 aliphatic rings. The number of carbonyl (C=O) groups is 3. The summed E-state index contributed by atoms with van der Waals surface area (Å²) in [6, 6.07) is 0. The summed E-state index contributed by atoms with van der Waals surface area (Å²) in [5.41, 5.74) is 0. The normalized spacial score (nSPS) is 12.2. The van der Waals surface area contributed by atoms with Gasteiger partial charge in [-0.2, -0.15) is 0 Å². The predicted octanol–water partition coefficient (Wildman–Crippen LogP) is 22.8. The standard InChI is InChI=1S/C69H128O6/c1-4-7-10-13-15-17-19-21-23-25-27-28-29-30-31-32-33-34-35-36-37-38-39-40-42-43-45-47-49-51-53-56-59-62-68(71)74-65-66(64-73-67(70)61-58-55-12-9-6-3)75-69(72)63-60-57-54-52-50-48-46-44-41-26-24-22-20-18-16-14-11-8-5-2/h19,21,25,27,29-30,66H,4-18,20,22-24,26,28,31-65H2,1-3H3/b21-19-,27-25-,30-29-. The number of esters is 3. The SMILES string of the molecule is CCCCCCC/C=C\C/C=C\C/C=C\CCCCCCCCCCCCCCCCCCCCC(=O)OCC(COC(=O)CCCCCCC)OC(=O)CCCCCCCCCCCCCCCCCCCCC. The third kappa shape index (κ3) is 62.4. The maximum atomic E-state index is 12.8. The molecule has 0 saturated carbocycles. The van der Waals surface area contributed by atoms with E-state index in [9.17, 15) is 14.4 Å². The van der Waals surface area contributed by atoms with Gasteiger partial charge in [-0.15, -0.1) is 0 Å². The fourth-order valence-electron chi connectivity index (χ4n) is 10.1. The lowest BCUT2D eigenvalue weighted by molar-refractivity contribution is -0.167. The van der Waals surface area contributed by atoms with Crippen molar-refractivity contribution in [2.75, 3.05) is 13.2 Å². The maximum absolute atomic E-state index is 12.8. The van der Waals surface area contributed by atoms with Gasteiger partial charge in [-0.3, -0.25) is 14.4 Å². The van der Waals surface area contributed by atoms with Crippen LogP contribution in [0.15, 0.2) is 36.5 Å². The van der Waals surface area contributed by atoms with E-state index in [1.165, 1.54) is 250 Å². The molecule has 0 aromatic carbocycles. The molecule has 0 radical (unpaired) electrons. The minimum Gasteiger partial charge on any atom is -0.462 e. The molecule has 0 aromatic heterocycles. The summed E-state index contributed by atoms with van der Waals surface area (Å²) in [6.07, 6.45) is 79.4. The minimum atomic E-state index is -0.764. The van der Waals surface area contributed by atoms with Gasteiger partial charge in [-0.25, -0.2) is 0 Å². The number of hydrogen-bond donors (Lipinski definition) is 0. The predicted molar refractivity (Wildman–Crippen MR) is 326 cm³/mol. The molecule has 0 aliphatic carbocycles. The second-order valence-electron chi connectivity index (χ2n) is 22.7. The molecule has 0 saturated heterocycles. The summed E-state index contributed by atoms with van der Waals surface area (Å²) in [7, 11) is 0. The van der Waals surface area contributed by atoms with Crippen LogP contribution in [0.3, 0.4) is 0 Å². The van der Waals surface area contributed by atoms with Gasteiger partial charge in [0.15, 0.2) is 6.10 Å². The molecule has 0 aliphatic heterocycles. The lowest BCUT2D eigenvalue weighted by atomic mass is 10.0. The zero-order chi connectivity index (χ0) is 54.3. The highest BCUT2D eigenvalue weighted by Crippen LogP contribution is 2.18. The highest BCUT2D eigenvalue weighted by atomic mass is 16.6. The van der Waals surface area contributed by atoms with Crippen molar-refractivity contribution in [3.63, 3.8) is 0 Å². The maximum Gasteiger partial charge on any atom is 0.306 e. The van der Waals surface area contributed by atoms with Crippen molar-refractivity contribution >= 4 is 17.9 Å². The average Bonchev–Trinajstić information content (AvgIpc) is 3.41. The second-order valence-corrected chi connectivity index (χ2v) is 22.7. The van der Waals surface area contributed by atoms with E-state index in [4.69, 9.17) is 14.2 Å². The molecule has 1 unspecified atom stereocenters. The Bertz CT molecular complexity index is 1250. The third-order valence-electron chi connectivity index (χ3n) is 15.1. The van der Waals surface area contributed by atoms with Crippen molar-refractivity contribution in [3.8, 4) is 0 Å². The molecule has 0 spiro atoms. The Kier molecular flexibility index (Phi) is 62.1. The first-order chi connectivity index (χ1) is 37.0. The van der Waals surface area contributed by atoms with Gasteiger partial charge in [0.05, 0.1) is 0 Å². The molecule has 0 amide bonds. The van der Waals surface area contributed by atoms with Crippen LogP contribution in [-0.4, -0.2) is 37.2 Å². The number of carbonyl (C=O) groups excluding carboxylic acids is 3. The highest BCUT2D eigenvalue weighted by molar-refractivity contribution is 5.71. The summed E-state index contributed by atoms with van der Waals surface area (Å²) in [5, 5.41) is 0. The van der Waals surface area contributed by atoms with Gasteiger partial charge in [0.1, 0.15) is 13.2 Å². The molecule has 1 atom stereocenters. The fraction of sp³-hybridized carbons (Fsp3) is 0.870. The van der Waals surface area contributed by atoms with Gasteiger partial charge < -0.3 is 14.2 Å². The molecule has 6 heteroatoms. The highest BCUT2D eigenvalue weighted by Gasteiger charge is 2.19. The average molecular weight is 1050 g/mol. The summed E-state index contributed by atoms with van der Waals surface area (Å²) in [6.45, 7) is 6.61. The Morgan fingerprint density at radius 3 is 0.747 bits per heavy atom. The molecule has 0 heterocycles. The van der Waals surface area contributed by atoms with Crippen LogP contribution in [0.2, 0.25) is 0 Å². The Morgan fingerprint density at radius 2 is 0.480 bits per heavy atom. The molecule has 6 nitrogen and oxygen atoms in total. The number of rotatable bonds is 62. The quantitative estimate of drug-likeness (QED) is 0.0261. The monoisotopic (exact) mass is 1050 g/mol. The molecule has 0 aromatic rings. The largest absolute Gasteiger partial charge is 0.462 e.